The fraction of sp³-hybridized carbons (Fsp3) is 0.241. The molecule has 0 saturated carbocycles. The summed E-state index contributed by atoms with van der Waals surface area (Å²) in [6.45, 7) is 41.4. The highest BCUT2D eigenvalue weighted by Crippen LogP contribution is 2.60. The lowest BCUT2D eigenvalue weighted by Crippen LogP contribution is -2.66. The maximum atomic E-state index is 7.45. The van der Waals surface area contributed by atoms with Crippen molar-refractivity contribution in [3.05, 3.63) is 260 Å². The van der Waals surface area contributed by atoms with Crippen LogP contribution in [0, 0.1) is 93.9 Å². The molecule has 0 unspecified atom stereocenters. The quantitative estimate of drug-likeness (QED) is 0.141. The van der Waals surface area contributed by atoms with E-state index in [0.717, 1.165) is 90.8 Å². The molecule has 5 heterocycles. The van der Waals surface area contributed by atoms with Crippen LogP contribution in [0.2, 0.25) is 0 Å². The molecule has 95 heavy (non-hydrogen) atoms. The van der Waals surface area contributed by atoms with E-state index < -0.39 is 5.41 Å². The summed E-state index contributed by atoms with van der Waals surface area (Å²) in [6, 6.07) is 70.5. The second-order valence-corrected chi connectivity index (χ2v) is 30.4. The predicted octanol–water partition coefficient (Wildman–Crippen LogP) is 19.8. The zero-order valence-corrected chi connectivity index (χ0v) is 58.6. The van der Waals surface area contributed by atoms with Gasteiger partial charge in [-0.15, -0.1) is 0 Å². The molecular formula is C87H84B2N4O2. The lowest BCUT2D eigenvalue weighted by molar-refractivity contribution is 0.0908. The summed E-state index contributed by atoms with van der Waals surface area (Å²) in [7, 11) is 0. The number of hydrogen-bond donors (Lipinski definition) is 0. The van der Waals surface area contributed by atoms with Crippen LogP contribution < -0.4 is 61.9 Å². The highest BCUT2D eigenvalue weighted by molar-refractivity contribution is 7.03. The van der Waals surface area contributed by atoms with Crippen LogP contribution in [0.4, 0.5) is 68.2 Å². The summed E-state index contributed by atoms with van der Waals surface area (Å²) in [6.07, 6.45) is 0. The van der Waals surface area contributed by atoms with Crippen molar-refractivity contribution < 1.29 is 9.47 Å². The minimum absolute atomic E-state index is 0.221. The third-order valence-corrected chi connectivity index (χ3v) is 22.0. The van der Waals surface area contributed by atoms with Crippen molar-refractivity contribution in [1.82, 2.24) is 0 Å². The first-order chi connectivity index (χ1) is 45.3. The summed E-state index contributed by atoms with van der Waals surface area (Å²) in [5, 5.41) is 0. The fourth-order valence-electron chi connectivity index (χ4n) is 18.9. The Hall–Kier alpha value is -9.65. The standard InChI is InChI=1S/C87H84B2N4O2/c1-49-37-57(9)81(58(10)38-49)92-71-35-33-61-41-65(71)88-67-47-68-74(48-73(67)90(69-31-21-19-25-51(69)3)75-43-63(45-77(92)79(75)88)94-83-53(5)27-23-28-54(83)6)91(70-32-22-20-26-52(70)4)76-44-64(95-84-55(7)29-24-30-56(84)8)46-78-80(76)89(68)66-42-62(87(61,85(13,14)15)86(16,17)18)34-36-72(66)93(78)82-59(11)39-50(2)40-60(82)12/h19-48H,1-18H3. The monoisotopic (exact) mass is 1240 g/mol. The molecular weight excluding hydrogens is 1150 g/mol. The molecule has 0 radical (unpaired) electrons. The molecule has 16 rings (SSSR count). The average molecular weight is 1240 g/mol. The first kappa shape index (κ1) is 60.3. The van der Waals surface area contributed by atoms with Gasteiger partial charge in [0.15, 0.2) is 0 Å². The van der Waals surface area contributed by atoms with Crippen LogP contribution in [0.5, 0.6) is 23.0 Å². The van der Waals surface area contributed by atoms with E-state index in [2.05, 4.69) is 326 Å². The molecule has 11 aromatic carbocycles. The maximum absolute atomic E-state index is 7.45. The number of aryl methyl sites for hydroxylation is 12. The smallest absolute Gasteiger partial charge is 0.252 e. The number of para-hydroxylation sites is 4. The molecule has 0 fully saturated rings. The minimum Gasteiger partial charge on any atom is -0.457 e. The van der Waals surface area contributed by atoms with Crippen molar-refractivity contribution >= 4 is 114 Å². The van der Waals surface area contributed by atoms with Gasteiger partial charge in [0, 0.05) is 86.6 Å². The lowest BCUT2D eigenvalue weighted by Gasteiger charge is -2.56. The average Bonchev–Trinajstić information content (AvgIpc) is 0.675. The van der Waals surface area contributed by atoms with Crippen LogP contribution in [0.25, 0.3) is 0 Å². The van der Waals surface area contributed by atoms with Gasteiger partial charge >= 0.3 is 0 Å². The van der Waals surface area contributed by atoms with Gasteiger partial charge in [-0.05, 0) is 224 Å². The van der Waals surface area contributed by atoms with Crippen molar-refractivity contribution in [2.45, 2.75) is 130 Å². The van der Waals surface area contributed by atoms with Gasteiger partial charge in [-0.3, -0.25) is 0 Å². The molecule has 5 aliphatic heterocycles. The predicted molar refractivity (Wildman–Crippen MR) is 404 cm³/mol. The normalized spacial score (nSPS) is 14.4. The van der Waals surface area contributed by atoms with E-state index in [9.17, 15) is 0 Å². The fourth-order valence-corrected chi connectivity index (χ4v) is 18.9. The third kappa shape index (κ3) is 8.70. The summed E-state index contributed by atoms with van der Waals surface area (Å²) < 4.78 is 14.9. The largest absolute Gasteiger partial charge is 0.457 e. The number of ether oxygens (including phenoxy) is 2. The second-order valence-electron chi connectivity index (χ2n) is 30.4. The SMILES string of the molecule is Cc1cc(C)c(N2c3ccc4cc3B3c5cc6c(cc5N(c5ccccc5C)c5cc(Oc7c(C)cccc7C)cc2c53)N(c2ccccc2C)c2cc(Oc3c(C)cccc3C)cc3c2B6c2cc(ccc2N3c2c(C)cc(C)cc2C)C4(C(C)(C)C)C(C)(C)C)c(C)c1. The van der Waals surface area contributed by atoms with E-state index >= 15 is 0 Å². The summed E-state index contributed by atoms with van der Waals surface area (Å²) in [5.74, 6) is 3.33. The molecule has 0 saturated heterocycles. The highest BCUT2D eigenvalue weighted by Gasteiger charge is 2.56. The van der Waals surface area contributed by atoms with Crippen molar-refractivity contribution in [2.24, 2.45) is 10.8 Å². The van der Waals surface area contributed by atoms with E-state index in [1.54, 1.807) is 0 Å². The summed E-state index contributed by atoms with van der Waals surface area (Å²) >= 11 is 0. The van der Waals surface area contributed by atoms with Crippen LogP contribution in [0.3, 0.4) is 0 Å². The van der Waals surface area contributed by atoms with Crippen LogP contribution in [-0.2, 0) is 5.41 Å². The van der Waals surface area contributed by atoms with Gasteiger partial charge < -0.3 is 29.1 Å². The molecule has 470 valence electrons. The van der Waals surface area contributed by atoms with Crippen LogP contribution in [-0.4, -0.2) is 13.4 Å². The van der Waals surface area contributed by atoms with E-state index in [1.807, 2.05) is 0 Å². The number of nitrogens with zero attached hydrogens (tertiary/aromatic N) is 4. The molecule has 11 aromatic rings. The molecule has 0 atom stereocenters. The number of anilines is 12. The van der Waals surface area contributed by atoms with Gasteiger partial charge in [0.2, 0.25) is 0 Å². The molecule has 0 N–H and O–H groups in total. The Labute approximate surface area is 564 Å². The molecule has 0 amide bonds. The van der Waals surface area contributed by atoms with E-state index in [-0.39, 0.29) is 24.3 Å². The van der Waals surface area contributed by atoms with E-state index in [4.69, 9.17) is 9.47 Å². The maximum Gasteiger partial charge on any atom is 0.252 e. The first-order valence-electron chi connectivity index (χ1n) is 34.1. The van der Waals surface area contributed by atoms with Crippen molar-refractivity contribution in [2.75, 3.05) is 19.6 Å². The Morgan fingerprint density at radius 1 is 0.284 bits per heavy atom. The Balaban J connectivity index is 1.12. The number of rotatable bonds is 8. The molecule has 0 aliphatic carbocycles. The van der Waals surface area contributed by atoms with Crippen molar-refractivity contribution in [3.63, 3.8) is 0 Å². The first-order valence-corrected chi connectivity index (χ1v) is 34.1. The second kappa shape index (κ2) is 21.2. The molecule has 0 spiro atoms. The Bertz CT molecular complexity index is 4740. The zero-order chi connectivity index (χ0) is 66.4. The van der Waals surface area contributed by atoms with Gasteiger partial charge in [0.05, 0.1) is 11.4 Å². The molecule has 0 aromatic heterocycles. The zero-order valence-electron chi connectivity index (χ0n) is 58.6. The topological polar surface area (TPSA) is 31.4 Å². The number of benzene rings is 11. The van der Waals surface area contributed by atoms with Gasteiger partial charge in [0.25, 0.3) is 13.4 Å². The lowest BCUT2D eigenvalue weighted by atomic mass is 9.29. The summed E-state index contributed by atoms with van der Waals surface area (Å²) in [5.41, 5.74) is 36.9. The number of fused-ring (bicyclic) bond motifs is 2. The van der Waals surface area contributed by atoms with Gasteiger partial charge in [-0.1, -0.05) is 180 Å². The third-order valence-electron chi connectivity index (χ3n) is 22.0. The van der Waals surface area contributed by atoms with Crippen LogP contribution in [0.15, 0.2) is 182 Å². The Kier molecular flexibility index (Phi) is 13.4. The molecule has 8 heteroatoms. The molecule has 6 bridgehead atoms. The van der Waals surface area contributed by atoms with Crippen LogP contribution >= 0.6 is 0 Å². The van der Waals surface area contributed by atoms with E-state index in [1.165, 1.54) is 111 Å². The Morgan fingerprint density at radius 2 is 0.611 bits per heavy atom. The molecule has 5 aliphatic rings. The van der Waals surface area contributed by atoms with Gasteiger partial charge in [-0.2, -0.15) is 0 Å². The minimum atomic E-state index is -0.550. The van der Waals surface area contributed by atoms with Gasteiger partial charge in [0.1, 0.15) is 23.0 Å². The molecule has 6 nitrogen and oxygen atoms in total. The van der Waals surface area contributed by atoms with Crippen molar-refractivity contribution in [1.29, 1.82) is 0 Å². The summed E-state index contributed by atoms with van der Waals surface area (Å²) in [4.78, 5) is 10.5. The number of hydrogen-bond acceptors (Lipinski definition) is 6. The highest BCUT2D eigenvalue weighted by atomic mass is 16.5. The Morgan fingerprint density at radius 3 is 0.958 bits per heavy atom. The van der Waals surface area contributed by atoms with Crippen LogP contribution in [0.1, 0.15) is 119 Å². The van der Waals surface area contributed by atoms with E-state index in [0.29, 0.717) is 0 Å². The van der Waals surface area contributed by atoms with Gasteiger partial charge in [-0.25, -0.2) is 0 Å². The van der Waals surface area contributed by atoms with Crippen molar-refractivity contribution in [3.8, 4) is 23.0 Å².